The summed E-state index contributed by atoms with van der Waals surface area (Å²) in [5.41, 5.74) is 0.678. The molecule has 2 aliphatic heterocycles. The average Bonchev–Trinajstić information content (AvgIpc) is 3.15. The molecule has 0 spiro atoms. The third kappa shape index (κ3) is 4.42. The zero-order valence-electron chi connectivity index (χ0n) is 15.1. The van der Waals surface area contributed by atoms with Gasteiger partial charge in [0.25, 0.3) is 0 Å². The van der Waals surface area contributed by atoms with Crippen molar-refractivity contribution in [2.24, 2.45) is 0 Å². The Morgan fingerprint density at radius 2 is 2.00 bits per heavy atom. The first-order chi connectivity index (χ1) is 13.2. The number of rotatable bonds is 5. The van der Waals surface area contributed by atoms with Crippen molar-refractivity contribution in [1.82, 2.24) is 14.9 Å². The summed E-state index contributed by atoms with van der Waals surface area (Å²) in [4.78, 5) is 25.6. The quantitative estimate of drug-likeness (QED) is 0.613. The number of amides is 1. The van der Waals surface area contributed by atoms with Crippen molar-refractivity contribution in [3.05, 3.63) is 30.5 Å². The Kier molecular flexibility index (Phi) is 5.30. The first-order valence-electron chi connectivity index (χ1n) is 8.76. The van der Waals surface area contributed by atoms with Gasteiger partial charge < -0.3 is 24.6 Å². The number of likely N-dealkylation sites (N-methyl/N-ethyl adjacent to an activating group) is 1. The van der Waals surface area contributed by atoms with Crippen molar-refractivity contribution < 1.29 is 14.3 Å². The van der Waals surface area contributed by atoms with Crippen LogP contribution in [-0.2, 0) is 4.79 Å². The van der Waals surface area contributed by atoms with Gasteiger partial charge >= 0.3 is 0 Å². The van der Waals surface area contributed by atoms with Gasteiger partial charge in [0.1, 0.15) is 5.82 Å². The Morgan fingerprint density at radius 1 is 1.19 bits per heavy atom. The molecule has 142 valence electrons. The second kappa shape index (κ2) is 8.01. The molecule has 3 heterocycles. The van der Waals surface area contributed by atoms with E-state index in [-0.39, 0.29) is 18.5 Å². The van der Waals surface area contributed by atoms with E-state index in [0.717, 1.165) is 32.0 Å². The molecule has 27 heavy (non-hydrogen) atoms. The minimum atomic E-state index is -0.118. The third-order valence-electron chi connectivity index (χ3n) is 4.43. The highest BCUT2D eigenvalue weighted by molar-refractivity contribution is 7.99. The summed E-state index contributed by atoms with van der Waals surface area (Å²) in [5, 5.41) is 3.46. The van der Waals surface area contributed by atoms with Crippen LogP contribution in [0.2, 0.25) is 0 Å². The largest absolute Gasteiger partial charge is 0.454 e. The van der Waals surface area contributed by atoms with Crippen LogP contribution in [0.25, 0.3) is 0 Å². The topological polar surface area (TPSA) is 79.8 Å². The van der Waals surface area contributed by atoms with E-state index in [9.17, 15) is 4.79 Å². The summed E-state index contributed by atoms with van der Waals surface area (Å²) in [5.74, 6) is 2.37. The highest BCUT2D eigenvalue weighted by atomic mass is 32.2. The van der Waals surface area contributed by atoms with E-state index in [1.54, 1.807) is 24.4 Å². The van der Waals surface area contributed by atoms with Crippen LogP contribution in [-0.4, -0.2) is 66.5 Å². The first-order valence-corrected chi connectivity index (χ1v) is 9.75. The molecular weight excluding hydrogens is 366 g/mol. The van der Waals surface area contributed by atoms with Crippen LogP contribution >= 0.6 is 11.8 Å². The number of anilines is 2. The molecule has 2 aliphatic rings. The Morgan fingerprint density at radius 3 is 2.85 bits per heavy atom. The molecule has 4 rings (SSSR count). The summed E-state index contributed by atoms with van der Waals surface area (Å²) in [6, 6.07) is 7.26. The molecule has 0 unspecified atom stereocenters. The minimum absolute atomic E-state index is 0.118. The van der Waals surface area contributed by atoms with Crippen LogP contribution in [0.1, 0.15) is 0 Å². The standard InChI is InChI=1S/C18H21N5O3S/c1-22-6-8-23(9-7-22)16-4-5-19-18(21-16)27-11-17(24)20-13-2-3-14-15(10-13)26-12-25-14/h2-5,10H,6-9,11-12H2,1H3,(H,20,24). The molecule has 0 radical (unpaired) electrons. The molecule has 1 amide bonds. The van der Waals surface area contributed by atoms with E-state index >= 15 is 0 Å². The molecule has 0 aliphatic carbocycles. The predicted octanol–water partition coefficient (Wildman–Crippen LogP) is 1.69. The fraction of sp³-hybridized carbons (Fsp3) is 0.389. The number of nitrogens with zero attached hydrogens (tertiary/aromatic N) is 4. The number of hydrogen-bond acceptors (Lipinski definition) is 8. The molecule has 1 N–H and O–H groups in total. The molecule has 9 heteroatoms. The lowest BCUT2D eigenvalue weighted by Crippen LogP contribution is -2.44. The monoisotopic (exact) mass is 387 g/mol. The summed E-state index contributed by atoms with van der Waals surface area (Å²) in [6.07, 6.45) is 1.75. The molecule has 1 aromatic heterocycles. The van der Waals surface area contributed by atoms with Crippen molar-refractivity contribution in [3.8, 4) is 11.5 Å². The zero-order valence-corrected chi connectivity index (χ0v) is 15.9. The average molecular weight is 387 g/mol. The highest BCUT2D eigenvalue weighted by Crippen LogP contribution is 2.34. The number of aromatic nitrogens is 2. The van der Waals surface area contributed by atoms with Gasteiger partial charge in [-0.2, -0.15) is 0 Å². The smallest absolute Gasteiger partial charge is 0.234 e. The van der Waals surface area contributed by atoms with Gasteiger partial charge in [-0.1, -0.05) is 11.8 Å². The van der Waals surface area contributed by atoms with Crippen LogP contribution in [0.15, 0.2) is 35.6 Å². The lowest BCUT2D eigenvalue weighted by molar-refractivity contribution is -0.113. The number of hydrogen-bond donors (Lipinski definition) is 1. The van der Waals surface area contributed by atoms with E-state index in [4.69, 9.17) is 9.47 Å². The Hall–Kier alpha value is -2.52. The van der Waals surface area contributed by atoms with Crippen LogP contribution in [0.3, 0.4) is 0 Å². The van der Waals surface area contributed by atoms with Crippen molar-refractivity contribution in [3.63, 3.8) is 0 Å². The van der Waals surface area contributed by atoms with E-state index < -0.39 is 0 Å². The van der Waals surface area contributed by atoms with Gasteiger partial charge in [0.05, 0.1) is 5.75 Å². The van der Waals surface area contributed by atoms with E-state index in [1.165, 1.54) is 11.8 Å². The zero-order chi connectivity index (χ0) is 18.6. The van der Waals surface area contributed by atoms with Gasteiger partial charge in [0, 0.05) is 44.1 Å². The number of fused-ring (bicyclic) bond motifs is 1. The van der Waals surface area contributed by atoms with E-state index in [2.05, 4.69) is 32.1 Å². The van der Waals surface area contributed by atoms with Gasteiger partial charge in [0.15, 0.2) is 16.7 Å². The number of piperazine rings is 1. The second-order valence-electron chi connectivity index (χ2n) is 6.39. The van der Waals surface area contributed by atoms with Gasteiger partial charge in [-0.25, -0.2) is 9.97 Å². The number of ether oxygens (including phenoxy) is 2. The highest BCUT2D eigenvalue weighted by Gasteiger charge is 2.17. The number of carbonyl (C=O) groups is 1. The fourth-order valence-corrected chi connectivity index (χ4v) is 3.54. The van der Waals surface area contributed by atoms with Gasteiger partial charge in [-0.05, 0) is 25.2 Å². The number of benzene rings is 1. The maximum atomic E-state index is 12.2. The van der Waals surface area contributed by atoms with Crippen molar-refractivity contribution in [2.45, 2.75) is 5.16 Å². The number of nitrogens with one attached hydrogen (secondary N) is 1. The van der Waals surface area contributed by atoms with Crippen LogP contribution in [0.5, 0.6) is 11.5 Å². The third-order valence-corrected chi connectivity index (χ3v) is 5.30. The molecule has 2 aromatic rings. The molecule has 1 saturated heterocycles. The summed E-state index contributed by atoms with van der Waals surface area (Å²) >= 11 is 1.32. The van der Waals surface area contributed by atoms with Crippen molar-refractivity contribution in [1.29, 1.82) is 0 Å². The van der Waals surface area contributed by atoms with Gasteiger partial charge in [-0.3, -0.25) is 4.79 Å². The van der Waals surface area contributed by atoms with Crippen LogP contribution in [0.4, 0.5) is 11.5 Å². The number of thioether (sulfide) groups is 1. The first kappa shape index (κ1) is 17.9. The summed E-state index contributed by atoms with van der Waals surface area (Å²) in [7, 11) is 2.12. The molecule has 0 bridgehead atoms. The van der Waals surface area contributed by atoms with Gasteiger partial charge in [-0.15, -0.1) is 0 Å². The second-order valence-corrected chi connectivity index (χ2v) is 7.34. The molecule has 0 atom stereocenters. The maximum absolute atomic E-state index is 12.2. The van der Waals surface area contributed by atoms with E-state index in [1.807, 2.05) is 6.07 Å². The van der Waals surface area contributed by atoms with Crippen LogP contribution < -0.4 is 19.7 Å². The minimum Gasteiger partial charge on any atom is -0.454 e. The molecule has 1 aromatic carbocycles. The molecule has 1 fully saturated rings. The van der Waals surface area contributed by atoms with Crippen molar-refractivity contribution >= 4 is 29.2 Å². The number of carbonyl (C=O) groups excluding carboxylic acids is 1. The summed E-state index contributed by atoms with van der Waals surface area (Å²) in [6.45, 7) is 4.14. The summed E-state index contributed by atoms with van der Waals surface area (Å²) < 4.78 is 10.6. The molecule has 0 saturated carbocycles. The Labute approximate surface area is 161 Å². The van der Waals surface area contributed by atoms with Crippen LogP contribution in [0, 0.1) is 0 Å². The van der Waals surface area contributed by atoms with Crippen molar-refractivity contribution in [2.75, 3.05) is 56.0 Å². The maximum Gasteiger partial charge on any atom is 0.234 e. The molecule has 8 nitrogen and oxygen atoms in total. The Balaban J connectivity index is 1.32. The normalized spacial score (nSPS) is 16.4. The predicted molar refractivity (Wildman–Crippen MR) is 104 cm³/mol. The Bertz CT molecular complexity index is 826. The lowest BCUT2D eigenvalue weighted by atomic mass is 10.3. The van der Waals surface area contributed by atoms with Gasteiger partial charge in [0.2, 0.25) is 12.7 Å². The fourth-order valence-electron chi connectivity index (χ4n) is 2.91. The SMILES string of the molecule is CN1CCN(c2ccnc(SCC(=O)Nc3ccc4c(c3)OCO4)n2)CC1. The van der Waals surface area contributed by atoms with E-state index in [0.29, 0.717) is 22.3 Å². The molecular formula is C18H21N5O3S. The lowest BCUT2D eigenvalue weighted by Gasteiger charge is -2.33.